The molecule has 120 valence electrons. The smallest absolute Gasteiger partial charge is 0.253 e. The number of hydrogen-bond donors (Lipinski definition) is 2. The normalized spacial score (nSPS) is 13.5. The number of hydrogen-bond acceptors (Lipinski definition) is 2. The first-order chi connectivity index (χ1) is 11.6. The fourth-order valence-electron chi connectivity index (χ4n) is 2.91. The van der Waals surface area contributed by atoms with Gasteiger partial charge in [0.25, 0.3) is 5.91 Å². The molecule has 0 spiro atoms. The van der Waals surface area contributed by atoms with Gasteiger partial charge in [0.1, 0.15) is 11.6 Å². The third-order valence-corrected chi connectivity index (χ3v) is 4.03. The second kappa shape index (κ2) is 5.56. The highest BCUT2D eigenvalue weighted by Crippen LogP contribution is 2.27. The van der Waals surface area contributed by atoms with Gasteiger partial charge in [-0.3, -0.25) is 9.78 Å². The topological polar surface area (TPSA) is 57.8 Å². The minimum atomic E-state index is -0.649. The van der Waals surface area contributed by atoms with Crippen LogP contribution in [0.2, 0.25) is 0 Å². The molecule has 1 aromatic carbocycles. The van der Waals surface area contributed by atoms with Crippen LogP contribution in [-0.2, 0) is 6.42 Å². The number of nitrogens with one attached hydrogen (secondary N) is 2. The van der Waals surface area contributed by atoms with Gasteiger partial charge in [0.15, 0.2) is 0 Å². The molecule has 0 unspecified atom stereocenters. The van der Waals surface area contributed by atoms with Gasteiger partial charge < -0.3 is 10.3 Å². The van der Waals surface area contributed by atoms with Crippen molar-refractivity contribution in [2.75, 3.05) is 6.54 Å². The second-order valence-corrected chi connectivity index (χ2v) is 5.67. The first-order valence-electron chi connectivity index (χ1n) is 7.53. The molecule has 1 amide bonds. The summed E-state index contributed by atoms with van der Waals surface area (Å²) in [5.74, 6) is -1.39. The van der Waals surface area contributed by atoms with E-state index in [1.807, 2.05) is 0 Å². The van der Waals surface area contributed by atoms with Crippen LogP contribution in [0.3, 0.4) is 0 Å². The Hall–Kier alpha value is -3.02. The van der Waals surface area contributed by atoms with E-state index in [4.69, 9.17) is 0 Å². The Morgan fingerprint density at radius 2 is 1.79 bits per heavy atom. The molecule has 4 nitrogen and oxygen atoms in total. The van der Waals surface area contributed by atoms with Crippen LogP contribution in [0.4, 0.5) is 8.78 Å². The highest BCUT2D eigenvalue weighted by atomic mass is 19.1. The van der Waals surface area contributed by atoms with Crippen molar-refractivity contribution in [2.45, 2.75) is 6.42 Å². The Kier molecular flexibility index (Phi) is 3.37. The fourth-order valence-corrected chi connectivity index (χ4v) is 2.91. The Morgan fingerprint density at radius 3 is 2.54 bits per heavy atom. The number of nitrogens with zero attached hydrogens (tertiary/aromatic N) is 1. The molecule has 3 aromatic rings. The Bertz CT molecular complexity index is 929. The zero-order chi connectivity index (χ0) is 16.7. The van der Waals surface area contributed by atoms with Crippen molar-refractivity contribution < 1.29 is 13.6 Å². The average molecular weight is 325 g/mol. The average Bonchev–Trinajstić information content (AvgIpc) is 3.00. The monoisotopic (exact) mass is 325 g/mol. The van der Waals surface area contributed by atoms with E-state index in [2.05, 4.69) is 15.3 Å². The number of halogens is 2. The van der Waals surface area contributed by atoms with Crippen LogP contribution in [0.1, 0.15) is 16.1 Å². The molecule has 1 aliphatic heterocycles. The quantitative estimate of drug-likeness (QED) is 0.759. The van der Waals surface area contributed by atoms with Crippen LogP contribution in [0.5, 0.6) is 0 Å². The molecule has 1 aliphatic rings. The van der Waals surface area contributed by atoms with Gasteiger partial charge in [-0.25, -0.2) is 8.78 Å². The summed E-state index contributed by atoms with van der Waals surface area (Å²) < 4.78 is 26.8. The van der Waals surface area contributed by atoms with Crippen molar-refractivity contribution in [1.29, 1.82) is 0 Å². The minimum Gasteiger partial charge on any atom is -0.358 e. The number of carbonyl (C=O) groups is 1. The summed E-state index contributed by atoms with van der Waals surface area (Å²) in [6.07, 6.45) is 2.32. The van der Waals surface area contributed by atoms with E-state index in [-0.39, 0.29) is 5.91 Å². The standard InChI is InChI=1S/C18H13F2N3O/c19-12-5-11(6-13(20)8-12)16-7-10(1-3-21-16)17-9-14-15(23-17)2-4-22-18(14)24/h1,3,5-9,23H,2,4H2,(H,22,24). The van der Waals surface area contributed by atoms with Crippen molar-refractivity contribution >= 4 is 5.91 Å². The Morgan fingerprint density at radius 1 is 1.00 bits per heavy atom. The second-order valence-electron chi connectivity index (χ2n) is 5.67. The van der Waals surface area contributed by atoms with E-state index in [9.17, 15) is 13.6 Å². The highest BCUT2D eigenvalue weighted by Gasteiger charge is 2.20. The summed E-state index contributed by atoms with van der Waals surface area (Å²) in [5.41, 5.74) is 3.92. The van der Waals surface area contributed by atoms with Gasteiger partial charge in [-0.05, 0) is 30.3 Å². The number of rotatable bonds is 2. The summed E-state index contributed by atoms with van der Waals surface area (Å²) in [6, 6.07) is 8.61. The van der Waals surface area contributed by atoms with Crippen LogP contribution in [0.15, 0.2) is 42.6 Å². The molecular formula is C18H13F2N3O. The van der Waals surface area contributed by atoms with Gasteiger partial charge in [0.2, 0.25) is 0 Å². The molecule has 0 bridgehead atoms. The van der Waals surface area contributed by atoms with Crippen LogP contribution in [-0.4, -0.2) is 22.4 Å². The molecule has 4 rings (SSSR count). The first-order valence-corrected chi connectivity index (χ1v) is 7.53. The lowest BCUT2D eigenvalue weighted by atomic mass is 10.1. The van der Waals surface area contributed by atoms with E-state index in [1.165, 1.54) is 12.1 Å². The highest BCUT2D eigenvalue weighted by molar-refractivity contribution is 5.97. The van der Waals surface area contributed by atoms with E-state index < -0.39 is 11.6 Å². The number of pyridine rings is 1. The molecule has 0 atom stereocenters. The van der Waals surface area contributed by atoms with Gasteiger partial charge in [-0.15, -0.1) is 0 Å². The molecule has 3 heterocycles. The molecule has 2 aromatic heterocycles. The lowest BCUT2D eigenvalue weighted by Gasteiger charge is -2.10. The Balaban J connectivity index is 1.77. The van der Waals surface area contributed by atoms with Gasteiger partial charge in [0, 0.05) is 47.7 Å². The summed E-state index contributed by atoms with van der Waals surface area (Å²) in [4.78, 5) is 19.3. The lowest BCUT2D eigenvalue weighted by Crippen LogP contribution is -2.31. The van der Waals surface area contributed by atoms with E-state index in [0.29, 0.717) is 23.4 Å². The number of carbonyl (C=O) groups excluding carboxylic acids is 1. The summed E-state index contributed by atoms with van der Waals surface area (Å²) >= 11 is 0. The van der Waals surface area contributed by atoms with E-state index in [1.54, 1.807) is 24.4 Å². The predicted octanol–water partition coefficient (Wildman–Crippen LogP) is 3.31. The third-order valence-electron chi connectivity index (χ3n) is 4.03. The summed E-state index contributed by atoms with van der Waals surface area (Å²) in [5, 5.41) is 2.80. The zero-order valence-electron chi connectivity index (χ0n) is 12.6. The molecule has 0 radical (unpaired) electrons. The van der Waals surface area contributed by atoms with Crippen molar-refractivity contribution in [1.82, 2.24) is 15.3 Å². The van der Waals surface area contributed by atoms with Crippen LogP contribution < -0.4 is 5.32 Å². The van der Waals surface area contributed by atoms with Gasteiger partial charge in [-0.2, -0.15) is 0 Å². The lowest BCUT2D eigenvalue weighted by molar-refractivity contribution is 0.0946. The van der Waals surface area contributed by atoms with Crippen molar-refractivity contribution in [3.63, 3.8) is 0 Å². The van der Waals surface area contributed by atoms with E-state index >= 15 is 0 Å². The van der Waals surface area contributed by atoms with Gasteiger partial charge >= 0.3 is 0 Å². The van der Waals surface area contributed by atoms with Crippen molar-refractivity contribution in [3.8, 4) is 22.5 Å². The van der Waals surface area contributed by atoms with Crippen LogP contribution >= 0.6 is 0 Å². The van der Waals surface area contributed by atoms with Gasteiger partial charge in [0.05, 0.1) is 11.3 Å². The number of aromatic nitrogens is 2. The molecule has 0 fully saturated rings. The maximum Gasteiger partial charge on any atom is 0.253 e. The largest absolute Gasteiger partial charge is 0.358 e. The molecular weight excluding hydrogens is 312 g/mol. The number of fused-ring (bicyclic) bond motifs is 1. The molecule has 6 heteroatoms. The molecule has 0 saturated carbocycles. The minimum absolute atomic E-state index is 0.0970. The first kappa shape index (κ1) is 14.6. The predicted molar refractivity (Wildman–Crippen MR) is 85.4 cm³/mol. The van der Waals surface area contributed by atoms with Gasteiger partial charge in [-0.1, -0.05) is 0 Å². The maximum atomic E-state index is 13.4. The molecule has 0 aliphatic carbocycles. The van der Waals surface area contributed by atoms with Crippen molar-refractivity contribution in [3.05, 3.63) is 65.5 Å². The molecule has 2 N–H and O–H groups in total. The van der Waals surface area contributed by atoms with Crippen LogP contribution in [0.25, 0.3) is 22.5 Å². The Labute approximate surface area is 136 Å². The number of H-pyrrole nitrogens is 1. The maximum absolute atomic E-state index is 13.4. The number of benzene rings is 1. The third kappa shape index (κ3) is 2.56. The van der Waals surface area contributed by atoms with Crippen molar-refractivity contribution in [2.24, 2.45) is 0 Å². The zero-order valence-corrected chi connectivity index (χ0v) is 12.6. The molecule has 0 saturated heterocycles. The molecule has 24 heavy (non-hydrogen) atoms. The van der Waals surface area contributed by atoms with Crippen LogP contribution in [0, 0.1) is 11.6 Å². The summed E-state index contributed by atoms with van der Waals surface area (Å²) in [7, 11) is 0. The number of aromatic amines is 1. The fraction of sp³-hybridized carbons (Fsp3) is 0.111. The number of amides is 1. The van der Waals surface area contributed by atoms with E-state index in [0.717, 1.165) is 29.4 Å². The summed E-state index contributed by atoms with van der Waals surface area (Å²) in [6.45, 7) is 0.607. The SMILES string of the molecule is O=C1NCCc2[nH]c(-c3ccnc(-c4cc(F)cc(F)c4)c3)cc21.